The normalized spacial score (nSPS) is 10.7. The lowest BCUT2D eigenvalue weighted by atomic mass is 10.2. The molecule has 6 nitrogen and oxygen atoms in total. The van der Waals surface area contributed by atoms with Crippen LogP contribution in [0.2, 0.25) is 0 Å². The highest BCUT2D eigenvalue weighted by atomic mass is 16.5. The third kappa shape index (κ3) is 3.41. The van der Waals surface area contributed by atoms with E-state index < -0.39 is 0 Å². The highest BCUT2D eigenvalue weighted by molar-refractivity contribution is 5.63. The van der Waals surface area contributed by atoms with Crippen molar-refractivity contribution < 1.29 is 4.52 Å². The molecule has 2 N–H and O–H groups in total. The summed E-state index contributed by atoms with van der Waals surface area (Å²) in [5.74, 6) is 2.67. The van der Waals surface area contributed by atoms with Crippen molar-refractivity contribution in [2.24, 2.45) is 0 Å². The molecule has 3 rings (SSSR count). The molecular formula is C16H17N5O. The molecule has 0 aliphatic carbocycles. The highest BCUT2D eigenvalue weighted by Gasteiger charge is 2.09. The highest BCUT2D eigenvalue weighted by Crippen LogP contribution is 2.22. The largest absolute Gasteiger partial charge is 0.368 e. The topological polar surface area (TPSA) is 75.9 Å². The summed E-state index contributed by atoms with van der Waals surface area (Å²) in [4.78, 5) is 9.11. The van der Waals surface area contributed by atoms with Gasteiger partial charge in [-0.1, -0.05) is 35.5 Å². The Labute approximate surface area is 128 Å². The Hall–Kier alpha value is -2.89. The molecule has 3 aromatic rings. The van der Waals surface area contributed by atoms with Gasteiger partial charge in [0.15, 0.2) is 11.6 Å². The van der Waals surface area contributed by atoms with Crippen LogP contribution in [0.4, 0.5) is 17.5 Å². The van der Waals surface area contributed by atoms with Crippen molar-refractivity contribution in [3.8, 4) is 11.4 Å². The molecule has 112 valence electrons. The van der Waals surface area contributed by atoms with Crippen molar-refractivity contribution in [1.82, 2.24) is 15.1 Å². The molecule has 0 radical (unpaired) electrons. The lowest BCUT2D eigenvalue weighted by Crippen LogP contribution is -2.12. The molecule has 0 atom stereocenters. The zero-order valence-corrected chi connectivity index (χ0v) is 12.4. The molecule has 0 fully saturated rings. The van der Waals surface area contributed by atoms with E-state index in [0.29, 0.717) is 17.5 Å². The van der Waals surface area contributed by atoms with Crippen molar-refractivity contribution in [3.05, 3.63) is 48.7 Å². The summed E-state index contributed by atoms with van der Waals surface area (Å²) in [7, 11) is 0. The quantitative estimate of drug-likeness (QED) is 0.747. The van der Waals surface area contributed by atoms with E-state index in [1.54, 1.807) is 6.07 Å². The number of benzene rings is 1. The van der Waals surface area contributed by atoms with E-state index in [2.05, 4.69) is 39.6 Å². The van der Waals surface area contributed by atoms with Crippen molar-refractivity contribution in [2.45, 2.75) is 19.9 Å². The summed E-state index contributed by atoms with van der Waals surface area (Å²) >= 11 is 0. The van der Waals surface area contributed by atoms with Crippen LogP contribution >= 0.6 is 0 Å². The molecule has 1 aromatic carbocycles. The molecule has 0 saturated carbocycles. The molecule has 2 heterocycles. The molecule has 0 unspecified atom stereocenters. The molecular weight excluding hydrogens is 278 g/mol. The van der Waals surface area contributed by atoms with Gasteiger partial charge in [0.2, 0.25) is 0 Å². The van der Waals surface area contributed by atoms with Crippen LogP contribution in [-0.2, 0) is 0 Å². The molecule has 0 aliphatic rings. The summed E-state index contributed by atoms with van der Waals surface area (Å²) < 4.78 is 4.82. The Morgan fingerprint density at radius 2 is 1.73 bits per heavy atom. The third-order valence-electron chi connectivity index (χ3n) is 2.89. The molecule has 0 saturated heterocycles. The van der Waals surface area contributed by atoms with Crippen LogP contribution in [0.5, 0.6) is 0 Å². The van der Waals surface area contributed by atoms with Gasteiger partial charge in [0, 0.05) is 23.7 Å². The second-order valence-corrected chi connectivity index (χ2v) is 5.14. The molecule has 0 aliphatic heterocycles. The van der Waals surface area contributed by atoms with Crippen molar-refractivity contribution in [3.63, 3.8) is 0 Å². The van der Waals surface area contributed by atoms with Crippen molar-refractivity contribution >= 4 is 17.5 Å². The lowest BCUT2D eigenvalue weighted by molar-refractivity contribution is 0.423. The van der Waals surface area contributed by atoms with Crippen LogP contribution in [0.3, 0.4) is 0 Å². The number of anilines is 3. The average molecular weight is 295 g/mol. The van der Waals surface area contributed by atoms with Gasteiger partial charge in [0.05, 0.1) is 0 Å². The maximum atomic E-state index is 4.82. The van der Waals surface area contributed by atoms with Crippen molar-refractivity contribution in [2.75, 3.05) is 10.6 Å². The Balaban J connectivity index is 1.98. The first-order chi connectivity index (χ1) is 10.7. The monoisotopic (exact) mass is 295 g/mol. The summed E-state index contributed by atoms with van der Waals surface area (Å²) in [5.41, 5.74) is 0.957. The number of aromatic nitrogens is 3. The zero-order chi connectivity index (χ0) is 15.4. The fraction of sp³-hybridized carbons (Fsp3) is 0.188. The van der Waals surface area contributed by atoms with E-state index in [1.807, 2.05) is 36.4 Å². The predicted molar refractivity (Wildman–Crippen MR) is 86.0 cm³/mol. The van der Waals surface area contributed by atoms with E-state index >= 15 is 0 Å². The fourth-order valence-electron chi connectivity index (χ4n) is 2.01. The van der Waals surface area contributed by atoms with Crippen LogP contribution in [0.15, 0.2) is 53.3 Å². The van der Waals surface area contributed by atoms with Crippen LogP contribution in [0.1, 0.15) is 13.8 Å². The molecule has 0 spiro atoms. The van der Waals surface area contributed by atoms with Gasteiger partial charge >= 0.3 is 0 Å². The molecule has 2 aromatic heterocycles. The Bertz CT molecular complexity index is 726. The second kappa shape index (κ2) is 6.26. The number of hydrogen-bond donors (Lipinski definition) is 2. The minimum Gasteiger partial charge on any atom is -0.368 e. The van der Waals surface area contributed by atoms with Gasteiger partial charge in [-0.15, -0.1) is 0 Å². The maximum absolute atomic E-state index is 4.82. The van der Waals surface area contributed by atoms with E-state index in [4.69, 9.17) is 4.52 Å². The van der Waals surface area contributed by atoms with E-state index in [1.165, 1.54) is 6.26 Å². The summed E-state index contributed by atoms with van der Waals surface area (Å²) in [6.07, 6.45) is 1.51. The van der Waals surface area contributed by atoms with Crippen LogP contribution < -0.4 is 10.6 Å². The fourth-order valence-corrected chi connectivity index (χ4v) is 2.01. The van der Waals surface area contributed by atoms with Crippen LogP contribution in [0, 0.1) is 0 Å². The first kappa shape index (κ1) is 14.1. The third-order valence-corrected chi connectivity index (χ3v) is 2.89. The molecule has 22 heavy (non-hydrogen) atoms. The standard InChI is InChI=1S/C16H17N5O/c1-11(2)17-14-10-15(18-13-8-9-22-21-13)20-16(19-14)12-6-4-3-5-7-12/h3-11H,1-2H3,(H2,17,18,19,20,21). The van der Waals surface area contributed by atoms with Crippen LogP contribution in [0.25, 0.3) is 11.4 Å². The molecule has 0 amide bonds. The lowest BCUT2D eigenvalue weighted by Gasteiger charge is -2.12. The minimum atomic E-state index is 0.276. The summed E-state index contributed by atoms with van der Waals surface area (Å²) in [5, 5.41) is 10.2. The summed E-state index contributed by atoms with van der Waals surface area (Å²) in [6.45, 7) is 4.13. The van der Waals surface area contributed by atoms with E-state index in [0.717, 1.165) is 11.4 Å². The zero-order valence-electron chi connectivity index (χ0n) is 12.4. The Morgan fingerprint density at radius 3 is 2.41 bits per heavy atom. The van der Waals surface area contributed by atoms with Gasteiger partial charge in [0.25, 0.3) is 0 Å². The molecule has 0 bridgehead atoms. The summed E-state index contributed by atoms with van der Waals surface area (Å²) in [6, 6.07) is 13.7. The minimum absolute atomic E-state index is 0.276. The predicted octanol–water partition coefficient (Wildman–Crippen LogP) is 3.70. The average Bonchev–Trinajstić information content (AvgIpc) is 3.00. The van der Waals surface area contributed by atoms with E-state index in [9.17, 15) is 0 Å². The Morgan fingerprint density at radius 1 is 0.955 bits per heavy atom. The van der Waals surface area contributed by atoms with Gasteiger partial charge < -0.3 is 15.2 Å². The van der Waals surface area contributed by atoms with Gasteiger partial charge in [-0.05, 0) is 13.8 Å². The number of rotatable bonds is 5. The van der Waals surface area contributed by atoms with Gasteiger partial charge in [0.1, 0.15) is 17.9 Å². The molecule has 6 heteroatoms. The smallest absolute Gasteiger partial charge is 0.174 e. The SMILES string of the molecule is CC(C)Nc1cc(Nc2ccon2)nc(-c2ccccc2)n1. The maximum Gasteiger partial charge on any atom is 0.174 e. The van der Waals surface area contributed by atoms with Gasteiger partial charge in [-0.25, -0.2) is 9.97 Å². The number of nitrogens with zero attached hydrogens (tertiary/aromatic N) is 3. The number of nitrogens with one attached hydrogen (secondary N) is 2. The van der Waals surface area contributed by atoms with E-state index in [-0.39, 0.29) is 6.04 Å². The van der Waals surface area contributed by atoms with Crippen LogP contribution in [-0.4, -0.2) is 21.2 Å². The number of hydrogen-bond acceptors (Lipinski definition) is 6. The van der Waals surface area contributed by atoms with Gasteiger partial charge in [-0.2, -0.15) is 0 Å². The first-order valence-electron chi connectivity index (χ1n) is 7.09. The van der Waals surface area contributed by atoms with Gasteiger partial charge in [-0.3, -0.25) is 0 Å². The van der Waals surface area contributed by atoms with Crippen molar-refractivity contribution in [1.29, 1.82) is 0 Å². The first-order valence-corrected chi connectivity index (χ1v) is 7.09. The Kier molecular flexibility index (Phi) is 4.00. The second-order valence-electron chi connectivity index (χ2n) is 5.14.